The van der Waals surface area contributed by atoms with E-state index < -0.39 is 0 Å². The third-order valence-electron chi connectivity index (χ3n) is 3.34. The van der Waals surface area contributed by atoms with E-state index in [0.717, 1.165) is 28.0 Å². The molecule has 5 nitrogen and oxygen atoms in total. The lowest BCUT2D eigenvalue weighted by Crippen LogP contribution is -2.02. The largest absolute Gasteiger partial charge is 0.486 e. The van der Waals surface area contributed by atoms with Crippen molar-refractivity contribution in [2.45, 2.75) is 24.4 Å². The van der Waals surface area contributed by atoms with Gasteiger partial charge in [-0.25, -0.2) is 15.0 Å². The van der Waals surface area contributed by atoms with E-state index in [1.54, 1.807) is 18.0 Å². The molecule has 6 heteroatoms. The minimum absolute atomic E-state index is 0.467. The van der Waals surface area contributed by atoms with Crippen molar-refractivity contribution < 1.29 is 4.74 Å². The van der Waals surface area contributed by atoms with Gasteiger partial charge in [-0.1, -0.05) is 23.9 Å². The Morgan fingerprint density at radius 1 is 1.09 bits per heavy atom. The molecule has 0 atom stereocenters. The van der Waals surface area contributed by atoms with Crippen LogP contribution in [0.2, 0.25) is 0 Å². The number of hydrogen-bond donors (Lipinski definition) is 0. The second-order valence-electron chi connectivity index (χ2n) is 5.22. The van der Waals surface area contributed by atoms with Crippen molar-refractivity contribution >= 4 is 11.8 Å². The van der Waals surface area contributed by atoms with Gasteiger partial charge in [-0.15, -0.1) is 0 Å². The zero-order chi connectivity index (χ0) is 16.1. The van der Waals surface area contributed by atoms with Gasteiger partial charge in [0.15, 0.2) is 5.16 Å². The van der Waals surface area contributed by atoms with E-state index in [4.69, 9.17) is 4.74 Å². The van der Waals surface area contributed by atoms with Gasteiger partial charge in [0.25, 0.3) is 0 Å². The van der Waals surface area contributed by atoms with Crippen LogP contribution >= 0.6 is 11.8 Å². The highest BCUT2D eigenvalue weighted by Gasteiger charge is 2.02. The van der Waals surface area contributed by atoms with Gasteiger partial charge in [0.1, 0.15) is 18.2 Å². The maximum absolute atomic E-state index is 5.75. The second-order valence-corrected chi connectivity index (χ2v) is 6.16. The van der Waals surface area contributed by atoms with Crippen LogP contribution in [0.1, 0.15) is 17.0 Å². The lowest BCUT2D eigenvalue weighted by Gasteiger charge is -2.07. The molecule has 0 spiro atoms. The van der Waals surface area contributed by atoms with Gasteiger partial charge in [-0.05, 0) is 30.2 Å². The molecule has 0 saturated carbocycles. The summed E-state index contributed by atoms with van der Waals surface area (Å²) in [5.41, 5.74) is 2.28. The summed E-state index contributed by atoms with van der Waals surface area (Å²) in [5, 5.41) is 0.797. The summed E-state index contributed by atoms with van der Waals surface area (Å²) >= 11 is 1.63. The lowest BCUT2D eigenvalue weighted by molar-refractivity contribution is 0.292. The number of imidazole rings is 1. The van der Waals surface area contributed by atoms with E-state index in [1.807, 2.05) is 49.3 Å². The maximum Gasteiger partial charge on any atom is 0.187 e. The monoisotopic (exact) mass is 326 g/mol. The molecule has 3 aromatic rings. The number of benzene rings is 1. The number of rotatable bonds is 6. The number of nitrogens with zero attached hydrogens (tertiary/aromatic N) is 4. The Morgan fingerprint density at radius 2 is 1.83 bits per heavy atom. The molecule has 0 unspecified atom stereocenters. The zero-order valence-corrected chi connectivity index (χ0v) is 14.0. The van der Waals surface area contributed by atoms with E-state index >= 15 is 0 Å². The van der Waals surface area contributed by atoms with Crippen LogP contribution in [0, 0.1) is 6.92 Å². The first-order valence-electron chi connectivity index (χ1n) is 7.30. The predicted octanol–water partition coefficient (Wildman–Crippen LogP) is 3.39. The van der Waals surface area contributed by atoms with Crippen LogP contribution in [0.15, 0.2) is 54.2 Å². The second kappa shape index (κ2) is 7.28. The fourth-order valence-corrected chi connectivity index (χ4v) is 2.71. The van der Waals surface area contributed by atoms with Crippen molar-refractivity contribution in [2.24, 2.45) is 7.05 Å². The summed E-state index contributed by atoms with van der Waals surface area (Å²) in [6.07, 6.45) is 7.35. The first-order valence-corrected chi connectivity index (χ1v) is 8.28. The smallest absolute Gasteiger partial charge is 0.187 e. The van der Waals surface area contributed by atoms with Crippen LogP contribution in [0.4, 0.5) is 0 Å². The van der Waals surface area contributed by atoms with Crippen LogP contribution < -0.4 is 4.74 Å². The molecule has 23 heavy (non-hydrogen) atoms. The fraction of sp³-hybridized carbons (Fsp3) is 0.235. The third kappa shape index (κ3) is 4.32. The Hall–Kier alpha value is -2.34. The summed E-state index contributed by atoms with van der Waals surface area (Å²) in [6, 6.07) is 8.09. The lowest BCUT2D eigenvalue weighted by atomic mass is 10.2. The Morgan fingerprint density at radius 3 is 2.48 bits per heavy atom. The van der Waals surface area contributed by atoms with Gasteiger partial charge >= 0.3 is 0 Å². The van der Waals surface area contributed by atoms with Gasteiger partial charge in [0.05, 0.1) is 0 Å². The topological polar surface area (TPSA) is 52.8 Å². The number of thioether (sulfide) groups is 1. The molecule has 0 amide bonds. The average molecular weight is 326 g/mol. The van der Waals surface area contributed by atoms with Gasteiger partial charge in [-0.2, -0.15) is 0 Å². The quantitative estimate of drug-likeness (QED) is 0.513. The first kappa shape index (κ1) is 15.6. The van der Waals surface area contributed by atoms with Crippen molar-refractivity contribution in [3.05, 3.63) is 66.0 Å². The standard InChI is InChI=1S/C17H18N4OS/c1-13-9-19-17(20-10-13)23-12-14-3-5-15(6-4-14)22-11-16-18-7-8-21(16)2/h3-10H,11-12H2,1-2H3. The summed E-state index contributed by atoms with van der Waals surface area (Å²) in [5.74, 6) is 2.58. The van der Waals surface area contributed by atoms with Crippen LogP contribution in [-0.4, -0.2) is 19.5 Å². The third-order valence-corrected chi connectivity index (χ3v) is 4.28. The van der Waals surface area contributed by atoms with E-state index in [1.165, 1.54) is 5.56 Å². The highest BCUT2D eigenvalue weighted by molar-refractivity contribution is 7.98. The molecule has 1 aromatic carbocycles. The Balaban J connectivity index is 1.52. The summed E-state index contributed by atoms with van der Waals surface area (Å²) in [6.45, 7) is 2.45. The van der Waals surface area contributed by atoms with Crippen LogP contribution in [-0.2, 0) is 19.4 Å². The summed E-state index contributed by atoms with van der Waals surface area (Å²) in [4.78, 5) is 12.8. The summed E-state index contributed by atoms with van der Waals surface area (Å²) in [7, 11) is 1.96. The SMILES string of the molecule is Cc1cnc(SCc2ccc(OCc3nccn3C)cc2)nc1. The summed E-state index contributed by atoms with van der Waals surface area (Å²) < 4.78 is 7.70. The number of aromatic nitrogens is 4. The molecule has 0 radical (unpaired) electrons. The van der Waals surface area contributed by atoms with Crippen LogP contribution in [0.25, 0.3) is 0 Å². The number of ether oxygens (including phenoxy) is 1. The highest BCUT2D eigenvalue weighted by Crippen LogP contribution is 2.21. The molecule has 118 valence electrons. The average Bonchev–Trinajstić information content (AvgIpc) is 2.98. The van der Waals surface area contributed by atoms with Gasteiger partial charge in [-0.3, -0.25) is 0 Å². The van der Waals surface area contributed by atoms with Crippen molar-refractivity contribution in [1.82, 2.24) is 19.5 Å². The molecule has 0 fully saturated rings. The molecule has 0 bridgehead atoms. The molecule has 2 heterocycles. The molecule has 2 aromatic heterocycles. The van der Waals surface area contributed by atoms with E-state index in [9.17, 15) is 0 Å². The Labute approximate surface area is 139 Å². The van der Waals surface area contributed by atoms with Gasteiger partial charge < -0.3 is 9.30 Å². The predicted molar refractivity (Wildman–Crippen MR) is 90.3 cm³/mol. The zero-order valence-electron chi connectivity index (χ0n) is 13.1. The fourth-order valence-electron chi connectivity index (χ4n) is 1.97. The van der Waals surface area contributed by atoms with Crippen molar-refractivity contribution in [3.8, 4) is 5.75 Å². The van der Waals surface area contributed by atoms with Crippen molar-refractivity contribution in [1.29, 1.82) is 0 Å². The van der Waals surface area contributed by atoms with Crippen molar-refractivity contribution in [3.63, 3.8) is 0 Å². The molecule has 0 aliphatic carbocycles. The normalized spacial score (nSPS) is 10.7. The van der Waals surface area contributed by atoms with E-state index in [0.29, 0.717) is 6.61 Å². The molecule has 0 aliphatic rings. The Kier molecular flexibility index (Phi) is 4.92. The van der Waals surface area contributed by atoms with E-state index in [-0.39, 0.29) is 0 Å². The molecule has 0 saturated heterocycles. The molecule has 3 rings (SSSR count). The molecule has 0 N–H and O–H groups in total. The minimum Gasteiger partial charge on any atom is -0.486 e. The first-order chi connectivity index (χ1) is 11.2. The van der Waals surface area contributed by atoms with Crippen LogP contribution in [0.5, 0.6) is 5.75 Å². The van der Waals surface area contributed by atoms with Crippen LogP contribution in [0.3, 0.4) is 0 Å². The molecular weight excluding hydrogens is 308 g/mol. The van der Waals surface area contributed by atoms with Crippen molar-refractivity contribution in [2.75, 3.05) is 0 Å². The highest BCUT2D eigenvalue weighted by atomic mass is 32.2. The number of hydrogen-bond acceptors (Lipinski definition) is 5. The van der Waals surface area contributed by atoms with Gasteiger partial charge in [0.2, 0.25) is 0 Å². The Bertz CT molecular complexity index is 753. The van der Waals surface area contributed by atoms with E-state index in [2.05, 4.69) is 27.1 Å². The maximum atomic E-state index is 5.75. The molecule has 0 aliphatic heterocycles. The minimum atomic E-state index is 0.467. The van der Waals surface area contributed by atoms with Gasteiger partial charge in [0, 0.05) is 37.6 Å². The number of aryl methyl sites for hydroxylation is 2. The molecular formula is C17H18N4OS.